The van der Waals surface area contributed by atoms with Gasteiger partial charge in [-0.1, -0.05) is 32.0 Å². The van der Waals surface area contributed by atoms with Crippen LogP contribution in [-0.4, -0.2) is 20.9 Å². The Morgan fingerprint density at radius 2 is 1.97 bits per heavy atom. The van der Waals surface area contributed by atoms with Crippen LogP contribution in [0.2, 0.25) is 0 Å². The summed E-state index contributed by atoms with van der Waals surface area (Å²) in [5.41, 5.74) is 4.59. The highest BCUT2D eigenvalue weighted by Gasteiger charge is 2.16. The van der Waals surface area contributed by atoms with Crippen LogP contribution in [0.15, 0.2) is 65.1 Å². The Kier molecular flexibility index (Phi) is 6.88. The number of oxazole rings is 1. The van der Waals surface area contributed by atoms with E-state index in [0.29, 0.717) is 28.6 Å². The number of nitrogens with one attached hydrogen (secondary N) is 2. The molecule has 0 bridgehead atoms. The number of rotatable bonds is 6. The first-order valence-electron chi connectivity index (χ1n) is 11.1. The number of hydrogen-bond acceptors (Lipinski definition) is 6. The minimum Gasteiger partial charge on any atom is -0.436 e. The van der Waals surface area contributed by atoms with Crippen LogP contribution in [0.4, 0.5) is 11.4 Å². The van der Waals surface area contributed by atoms with Crippen LogP contribution in [0.3, 0.4) is 0 Å². The van der Waals surface area contributed by atoms with Crippen molar-refractivity contribution in [2.45, 2.75) is 33.1 Å². The average molecular weight is 489 g/mol. The van der Waals surface area contributed by atoms with E-state index in [1.54, 1.807) is 13.0 Å². The number of aromatic nitrogens is 1. The summed E-state index contributed by atoms with van der Waals surface area (Å²) < 4.78 is 5.95. The molecule has 4 rings (SSSR count). The van der Waals surface area contributed by atoms with Crippen LogP contribution < -0.4 is 10.6 Å². The van der Waals surface area contributed by atoms with Crippen LogP contribution in [0.1, 0.15) is 47.7 Å². The van der Waals surface area contributed by atoms with Crippen molar-refractivity contribution in [3.05, 3.63) is 87.5 Å². The molecular formula is C26H24N4O4S. The normalized spacial score (nSPS) is 11.7. The third kappa shape index (κ3) is 5.36. The molecule has 9 heteroatoms. The number of nitro groups is 1. The van der Waals surface area contributed by atoms with E-state index in [9.17, 15) is 14.9 Å². The van der Waals surface area contributed by atoms with Crippen LogP contribution in [0.25, 0.3) is 22.6 Å². The highest BCUT2D eigenvalue weighted by atomic mass is 32.1. The van der Waals surface area contributed by atoms with Gasteiger partial charge in [-0.05, 0) is 73.4 Å². The number of thiocarbonyl (C=S) groups is 1. The molecule has 8 nitrogen and oxygen atoms in total. The summed E-state index contributed by atoms with van der Waals surface area (Å²) in [6.07, 6.45) is 1.04. The highest BCUT2D eigenvalue weighted by Crippen LogP contribution is 2.29. The molecule has 1 unspecified atom stereocenters. The molecule has 0 saturated heterocycles. The molecule has 0 spiro atoms. The van der Waals surface area contributed by atoms with Gasteiger partial charge in [0.25, 0.3) is 11.6 Å². The van der Waals surface area contributed by atoms with E-state index in [1.807, 2.05) is 24.3 Å². The van der Waals surface area contributed by atoms with Gasteiger partial charge in [0.1, 0.15) is 5.52 Å². The van der Waals surface area contributed by atoms with Gasteiger partial charge in [-0.25, -0.2) is 4.98 Å². The zero-order valence-corrected chi connectivity index (χ0v) is 20.3. The van der Waals surface area contributed by atoms with Crippen LogP contribution in [0.5, 0.6) is 0 Å². The second-order valence-electron chi connectivity index (χ2n) is 8.30. The fourth-order valence-corrected chi connectivity index (χ4v) is 3.84. The Morgan fingerprint density at radius 3 is 2.71 bits per heavy atom. The van der Waals surface area contributed by atoms with Crippen molar-refractivity contribution >= 4 is 45.7 Å². The van der Waals surface area contributed by atoms with Gasteiger partial charge >= 0.3 is 0 Å². The van der Waals surface area contributed by atoms with Crippen molar-refractivity contribution in [2.24, 2.45) is 0 Å². The number of benzene rings is 3. The third-order valence-corrected chi connectivity index (χ3v) is 6.06. The predicted molar refractivity (Wildman–Crippen MR) is 140 cm³/mol. The SMILES string of the molecule is CCC(C)c1ccc2oc(-c3cccc(NC(=S)NC(=O)c4ccc(C)c([N+](=O)[O-])c4)c3)nc2c1. The van der Waals surface area contributed by atoms with E-state index in [1.165, 1.54) is 23.8 Å². The maximum absolute atomic E-state index is 12.5. The summed E-state index contributed by atoms with van der Waals surface area (Å²) in [6, 6.07) is 17.6. The summed E-state index contributed by atoms with van der Waals surface area (Å²) in [7, 11) is 0. The lowest BCUT2D eigenvalue weighted by Crippen LogP contribution is -2.34. The van der Waals surface area contributed by atoms with Crippen molar-refractivity contribution in [1.29, 1.82) is 0 Å². The Hall–Kier alpha value is -4.11. The summed E-state index contributed by atoms with van der Waals surface area (Å²) in [4.78, 5) is 27.8. The molecule has 1 heterocycles. The van der Waals surface area contributed by atoms with Gasteiger partial charge in [0, 0.05) is 28.4 Å². The summed E-state index contributed by atoms with van der Waals surface area (Å²) >= 11 is 5.27. The molecule has 2 N–H and O–H groups in total. The van der Waals surface area contributed by atoms with Crippen molar-refractivity contribution in [1.82, 2.24) is 10.3 Å². The zero-order chi connectivity index (χ0) is 25.1. The molecule has 0 aliphatic heterocycles. The van der Waals surface area contributed by atoms with Gasteiger partial charge in [-0.15, -0.1) is 0 Å². The van der Waals surface area contributed by atoms with Gasteiger partial charge in [-0.3, -0.25) is 20.2 Å². The third-order valence-electron chi connectivity index (χ3n) is 5.86. The first-order chi connectivity index (χ1) is 16.7. The molecule has 3 aromatic carbocycles. The van der Waals surface area contributed by atoms with Crippen molar-refractivity contribution < 1.29 is 14.1 Å². The van der Waals surface area contributed by atoms with Crippen molar-refractivity contribution in [3.8, 4) is 11.5 Å². The van der Waals surface area contributed by atoms with Gasteiger partial charge < -0.3 is 9.73 Å². The molecule has 35 heavy (non-hydrogen) atoms. The molecule has 0 fully saturated rings. The topological polar surface area (TPSA) is 110 Å². The maximum Gasteiger partial charge on any atom is 0.273 e. The average Bonchev–Trinajstić information content (AvgIpc) is 3.27. The summed E-state index contributed by atoms with van der Waals surface area (Å²) in [5, 5.41) is 16.7. The van der Waals surface area contributed by atoms with E-state index in [2.05, 4.69) is 41.6 Å². The molecule has 4 aromatic rings. The molecular weight excluding hydrogens is 464 g/mol. The second-order valence-corrected chi connectivity index (χ2v) is 8.71. The van der Waals surface area contributed by atoms with Crippen LogP contribution in [-0.2, 0) is 0 Å². The predicted octanol–water partition coefficient (Wildman–Crippen LogP) is 6.35. The number of fused-ring (bicyclic) bond motifs is 1. The largest absolute Gasteiger partial charge is 0.436 e. The quantitative estimate of drug-likeness (QED) is 0.185. The van der Waals surface area contributed by atoms with Crippen molar-refractivity contribution in [3.63, 3.8) is 0 Å². The molecule has 1 aromatic heterocycles. The number of nitro benzene ring substituents is 1. The molecule has 1 atom stereocenters. The van der Waals surface area contributed by atoms with E-state index < -0.39 is 10.8 Å². The number of carbonyl (C=O) groups excluding carboxylic acids is 1. The number of aryl methyl sites for hydroxylation is 1. The number of hydrogen-bond donors (Lipinski definition) is 2. The van der Waals surface area contributed by atoms with E-state index in [4.69, 9.17) is 16.6 Å². The Bertz CT molecular complexity index is 1450. The van der Waals surface area contributed by atoms with Gasteiger partial charge in [-0.2, -0.15) is 0 Å². The Labute approximate surface area is 207 Å². The highest BCUT2D eigenvalue weighted by molar-refractivity contribution is 7.80. The molecule has 0 saturated carbocycles. The number of nitrogens with zero attached hydrogens (tertiary/aromatic N) is 2. The fourth-order valence-electron chi connectivity index (χ4n) is 3.63. The molecule has 1 amide bonds. The molecule has 0 radical (unpaired) electrons. The lowest BCUT2D eigenvalue weighted by atomic mass is 9.98. The van der Waals surface area contributed by atoms with Crippen LogP contribution in [0, 0.1) is 17.0 Å². The maximum atomic E-state index is 12.5. The number of amides is 1. The monoisotopic (exact) mass is 488 g/mol. The summed E-state index contributed by atoms with van der Waals surface area (Å²) in [5.74, 6) is 0.374. The van der Waals surface area contributed by atoms with Crippen molar-refractivity contribution in [2.75, 3.05) is 5.32 Å². The molecule has 178 valence electrons. The van der Waals surface area contributed by atoms with Crippen LogP contribution >= 0.6 is 12.2 Å². The standard InChI is InChI=1S/C26H24N4O4S/c1-4-15(2)17-10-11-23-21(13-17)28-25(34-23)19-6-5-7-20(12-19)27-26(35)29-24(31)18-9-8-16(3)22(14-18)30(32)33/h5-15H,4H2,1-3H3,(H2,27,29,31,35). The number of anilines is 1. The van der Waals surface area contributed by atoms with Gasteiger partial charge in [0.15, 0.2) is 10.7 Å². The van der Waals surface area contributed by atoms with E-state index in [0.717, 1.165) is 17.5 Å². The fraction of sp³-hybridized carbons (Fsp3) is 0.192. The zero-order valence-electron chi connectivity index (χ0n) is 19.5. The first-order valence-corrected chi connectivity index (χ1v) is 11.5. The molecule has 0 aliphatic rings. The Morgan fingerprint density at radius 1 is 1.17 bits per heavy atom. The van der Waals surface area contributed by atoms with Gasteiger partial charge in [0.2, 0.25) is 5.89 Å². The smallest absolute Gasteiger partial charge is 0.273 e. The van der Waals surface area contributed by atoms with E-state index >= 15 is 0 Å². The van der Waals surface area contributed by atoms with Gasteiger partial charge in [0.05, 0.1) is 4.92 Å². The minimum atomic E-state index is -0.544. The summed E-state index contributed by atoms with van der Waals surface area (Å²) in [6.45, 7) is 5.94. The lowest BCUT2D eigenvalue weighted by Gasteiger charge is -2.10. The molecule has 0 aliphatic carbocycles. The lowest BCUT2D eigenvalue weighted by molar-refractivity contribution is -0.385. The number of carbonyl (C=O) groups is 1. The second kappa shape index (κ2) is 10.0. The minimum absolute atomic E-state index is 0.0612. The van der Waals surface area contributed by atoms with E-state index in [-0.39, 0.29) is 16.4 Å². The first kappa shape index (κ1) is 24.0. The Balaban J connectivity index is 1.48.